The lowest BCUT2D eigenvalue weighted by Gasteiger charge is -2.11. The van der Waals surface area contributed by atoms with Crippen LogP contribution in [0.15, 0.2) is 12.2 Å². The monoisotopic (exact) mass is 446 g/mol. The smallest absolute Gasteiger partial charge is 0.336 e. The third kappa shape index (κ3) is 6.87. The zero-order chi connectivity index (χ0) is 19.0. The van der Waals surface area contributed by atoms with E-state index in [2.05, 4.69) is 6.92 Å². The Morgan fingerprint density at radius 1 is 0.800 bits per heavy atom. The van der Waals surface area contributed by atoms with E-state index in [1.807, 2.05) is 0 Å². The van der Waals surface area contributed by atoms with Gasteiger partial charge in [-0.1, -0.05) is 84.2 Å². The van der Waals surface area contributed by atoms with Gasteiger partial charge in [0.05, 0.1) is 21.7 Å². The van der Waals surface area contributed by atoms with Crippen LogP contribution in [-0.2, 0) is 14.3 Å². The van der Waals surface area contributed by atoms with Crippen molar-refractivity contribution in [2.45, 2.75) is 32.6 Å². The Morgan fingerprint density at radius 2 is 1.32 bits per heavy atom. The summed E-state index contributed by atoms with van der Waals surface area (Å²) in [6.07, 6.45) is 5.74. The van der Waals surface area contributed by atoms with Crippen LogP contribution in [0.1, 0.15) is 32.6 Å². The standard InChI is InChI=1S/C16H15Cl5O4/c1-2-3-4-5-8-24-9(22)6-7-10(23)25-16-14(20)12(18)11(17)13(19)15(16)21/h6-7H,2-5,8H2,1H3/b7-6+. The molecule has 1 aromatic rings. The molecule has 1 aromatic carbocycles. The molecule has 4 nitrogen and oxygen atoms in total. The van der Waals surface area contributed by atoms with Gasteiger partial charge in [0.1, 0.15) is 10.0 Å². The Kier molecular flexibility index (Phi) is 9.98. The van der Waals surface area contributed by atoms with Crippen LogP contribution < -0.4 is 4.74 Å². The molecule has 25 heavy (non-hydrogen) atoms. The molecule has 0 amide bonds. The molecule has 9 heteroatoms. The minimum Gasteiger partial charge on any atom is -0.463 e. The van der Waals surface area contributed by atoms with E-state index in [1.54, 1.807) is 0 Å². The fourth-order valence-electron chi connectivity index (χ4n) is 1.69. The van der Waals surface area contributed by atoms with E-state index in [0.29, 0.717) is 0 Å². The maximum absolute atomic E-state index is 11.8. The summed E-state index contributed by atoms with van der Waals surface area (Å²) < 4.78 is 9.92. The quantitative estimate of drug-likeness (QED) is 0.113. The summed E-state index contributed by atoms with van der Waals surface area (Å²) in [6.45, 7) is 2.37. The van der Waals surface area contributed by atoms with Crippen LogP contribution in [0.4, 0.5) is 0 Å². The van der Waals surface area contributed by atoms with E-state index in [4.69, 9.17) is 67.5 Å². The van der Waals surface area contributed by atoms with Crippen molar-refractivity contribution in [2.24, 2.45) is 0 Å². The highest BCUT2D eigenvalue weighted by molar-refractivity contribution is 6.55. The number of ether oxygens (including phenoxy) is 2. The van der Waals surface area contributed by atoms with Gasteiger partial charge >= 0.3 is 11.9 Å². The van der Waals surface area contributed by atoms with Crippen LogP contribution in [0.2, 0.25) is 25.1 Å². The number of hydrogen-bond donors (Lipinski definition) is 0. The Hall–Kier alpha value is -0.650. The summed E-state index contributed by atoms with van der Waals surface area (Å²) in [6, 6.07) is 0. The van der Waals surface area contributed by atoms with E-state index < -0.39 is 11.9 Å². The van der Waals surface area contributed by atoms with E-state index in [0.717, 1.165) is 37.8 Å². The largest absolute Gasteiger partial charge is 0.463 e. The molecule has 0 aliphatic rings. The Labute approximate surface area is 170 Å². The molecule has 0 fully saturated rings. The van der Waals surface area contributed by atoms with E-state index in [1.165, 1.54) is 0 Å². The molecule has 0 radical (unpaired) electrons. The van der Waals surface area contributed by atoms with Gasteiger partial charge in [-0.3, -0.25) is 0 Å². The van der Waals surface area contributed by atoms with Crippen molar-refractivity contribution in [3.63, 3.8) is 0 Å². The van der Waals surface area contributed by atoms with Crippen LogP contribution >= 0.6 is 58.0 Å². The molecular formula is C16H15Cl5O4. The van der Waals surface area contributed by atoms with E-state index in [9.17, 15) is 9.59 Å². The van der Waals surface area contributed by atoms with Crippen molar-refractivity contribution < 1.29 is 19.1 Å². The molecule has 1 rings (SSSR count). The maximum Gasteiger partial charge on any atom is 0.336 e. The minimum atomic E-state index is -0.902. The van der Waals surface area contributed by atoms with Gasteiger partial charge in [-0.15, -0.1) is 0 Å². The predicted octanol–water partition coefficient (Wildman–Crippen LogP) is 6.54. The predicted molar refractivity (Wildman–Crippen MR) is 101 cm³/mol. The molecule has 0 N–H and O–H groups in total. The summed E-state index contributed by atoms with van der Waals surface area (Å²) in [5.41, 5.74) is 0. The lowest BCUT2D eigenvalue weighted by atomic mass is 10.2. The molecule has 0 heterocycles. The topological polar surface area (TPSA) is 52.6 Å². The van der Waals surface area contributed by atoms with E-state index in [-0.39, 0.29) is 37.5 Å². The summed E-state index contributed by atoms with van der Waals surface area (Å²) in [5, 5.41) is -0.588. The van der Waals surface area contributed by atoms with Crippen LogP contribution in [0, 0.1) is 0 Å². The lowest BCUT2D eigenvalue weighted by molar-refractivity contribution is -0.138. The number of benzene rings is 1. The van der Waals surface area contributed by atoms with Gasteiger partial charge < -0.3 is 9.47 Å². The van der Waals surface area contributed by atoms with Crippen molar-refractivity contribution in [1.82, 2.24) is 0 Å². The van der Waals surface area contributed by atoms with E-state index >= 15 is 0 Å². The SMILES string of the molecule is CCCCCCOC(=O)/C=C/C(=O)Oc1c(Cl)c(Cl)c(Cl)c(Cl)c1Cl. The fourth-order valence-corrected chi connectivity index (χ4v) is 2.89. The summed E-state index contributed by atoms with van der Waals surface area (Å²) in [7, 11) is 0. The summed E-state index contributed by atoms with van der Waals surface area (Å²) in [5.74, 6) is -1.80. The number of halogens is 5. The molecule has 0 unspecified atom stereocenters. The normalized spacial score (nSPS) is 11.0. The van der Waals surface area contributed by atoms with Crippen molar-refractivity contribution in [3.8, 4) is 5.75 Å². The first-order chi connectivity index (χ1) is 11.8. The van der Waals surface area contributed by atoms with Crippen molar-refractivity contribution in [1.29, 1.82) is 0 Å². The van der Waals surface area contributed by atoms with Crippen LogP contribution in [0.25, 0.3) is 0 Å². The van der Waals surface area contributed by atoms with Crippen molar-refractivity contribution in [2.75, 3.05) is 6.61 Å². The van der Waals surface area contributed by atoms with Crippen molar-refractivity contribution >= 4 is 69.9 Å². The van der Waals surface area contributed by atoms with Crippen LogP contribution in [0.3, 0.4) is 0 Å². The molecule has 0 aromatic heterocycles. The first kappa shape index (κ1) is 22.4. The zero-order valence-electron chi connectivity index (χ0n) is 13.2. The number of carbonyl (C=O) groups excluding carboxylic acids is 2. The molecule has 0 saturated heterocycles. The van der Waals surface area contributed by atoms with Gasteiger partial charge in [0, 0.05) is 12.2 Å². The third-order valence-electron chi connectivity index (χ3n) is 2.97. The van der Waals surface area contributed by atoms with Gasteiger partial charge in [-0.2, -0.15) is 0 Å². The molecule has 138 valence electrons. The molecule has 0 atom stereocenters. The van der Waals surface area contributed by atoms with Gasteiger partial charge in [-0.05, 0) is 6.42 Å². The summed E-state index contributed by atoms with van der Waals surface area (Å²) in [4.78, 5) is 23.3. The highest BCUT2D eigenvalue weighted by Crippen LogP contribution is 2.48. The Bertz CT molecular complexity index is 644. The average Bonchev–Trinajstić information content (AvgIpc) is 2.60. The van der Waals surface area contributed by atoms with Crippen molar-refractivity contribution in [3.05, 3.63) is 37.3 Å². The number of carbonyl (C=O) groups is 2. The van der Waals surface area contributed by atoms with Gasteiger partial charge in [0.25, 0.3) is 0 Å². The second-order valence-electron chi connectivity index (χ2n) is 4.88. The fraction of sp³-hybridized carbons (Fsp3) is 0.375. The molecular weight excluding hydrogens is 433 g/mol. The highest BCUT2D eigenvalue weighted by atomic mass is 35.5. The number of hydrogen-bond acceptors (Lipinski definition) is 4. The first-order valence-corrected chi connectivity index (χ1v) is 9.26. The maximum atomic E-state index is 11.8. The molecule has 0 spiro atoms. The van der Waals surface area contributed by atoms with Gasteiger partial charge in [-0.25, -0.2) is 9.59 Å². The number of unbranched alkanes of at least 4 members (excludes halogenated alkanes) is 3. The molecule has 0 aliphatic heterocycles. The lowest BCUT2D eigenvalue weighted by Crippen LogP contribution is -2.08. The number of esters is 2. The third-order valence-corrected chi connectivity index (χ3v) is 5.21. The van der Waals surface area contributed by atoms with Gasteiger partial charge in [0.2, 0.25) is 0 Å². The summed E-state index contributed by atoms with van der Waals surface area (Å²) >= 11 is 29.5. The number of rotatable bonds is 8. The zero-order valence-corrected chi connectivity index (χ0v) is 17.0. The van der Waals surface area contributed by atoms with Gasteiger partial charge in [0.15, 0.2) is 5.75 Å². The average molecular weight is 449 g/mol. The molecule has 0 aliphatic carbocycles. The Morgan fingerprint density at radius 3 is 1.88 bits per heavy atom. The Balaban J connectivity index is 2.64. The second kappa shape index (κ2) is 11.1. The molecule has 0 bridgehead atoms. The minimum absolute atomic E-state index is 0.0553. The molecule has 0 saturated carbocycles. The first-order valence-electron chi connectivity index (χ1n) is 7.37. The van der Waals surface area contributed by atoms with Crippen LogP contribution in [-0.4, -0.2) is 18.5 Å². The second-order valence-corrected chi connectivity index (χ2v) is 6.77. The van der Waals surface area contributed by atoms with Crippen LogP contribution in [0.5, 0.6) is 5.75 Å². The highest BCUT2D eigenvalue weighted by Gasteiger charge is 2.22.